The van der Waals surface area contributed by atoms with Gasteiger partial charge in [-0.1, -0.05) is 31.9 Å². The third-order valence-electron chi connectivity index (χ3n) is 7.33. The molecular weight excluding hydrogens is 524 g/mol. The smallest absolute Gasteiger partial charge is 0.408 e. The Labute approximate surface area is 231 Å². The van der Waals surface area contributed by atoms with Crippen LogP contribution in [0.3, 0.4) is 0 Å². The zero-order valence-electron chi connectivity index (χ0n) is 23.6. The summed E-state index contributed by atoms with van der Waals surface area (Å²) < 4.78 is 32.6. The average molecular weight is 569 g/mol. The van der Waals surface area contributed by atoms with Gasteiger partial charge in [-0.15, -0.1) is 0 Å². The summed E-state index contributed by atoms with van der Waals surface area (Å²) in [6, 6.07) is -0.842. The highest BCUT2D eigenvalue weighted by Gasteiger charge is 2.61. The second-order valence-corrected chi connectivity index (χ2v) is 13.7. The van der Waals surface area contributed by atoms with Gasteiger partial charge in [-0.3, -0.25) is 19.1 Å². The number of carbonyl (C=O) groups excluding carboxylic acids is 4. The molecule has 3 rings (SSSR count). The van der Waals surface area contributed by atoms with Gasteiger partial charge < -0.3 is 20.3 Å². The number of alkyl carbamates (subject to hydrolysis) is 1. The average Bonchev–Trinajstić information content (AvgIpc) is 3.29. The molecule has 3 N–H and O–H groups in total. The van der Waals surface area contributed by atoms with Gasteiger partial charge in [0.25, 0.3) is 11.8 Å². The van der Waals surface area contributed by atoms with Crippen molar-refractivity contribution < 1.29 is 32.3 Å². The van der Waals surface area contributed by atoms with E-state index in [1.165, 1.54) is 4.90 Å². The number of nitrogens with one attached hydrogen (secondary N) is 3. The van der Waals surface area contributed by atoms with E-state index < -0.39 is 57.1 Å². The third-order valence-corrected chi connectivity index (χ3v) is 8.65. The van der Waals surface area contributed by atoms with Crippen molar-refractivity contribution in [3.05, 3.63) is 12.2 Å². The predicted octanol–water partition coefficient (Wildman–Crippen LogP) is 2.51. The van der Waals surface area contributed by atoms with Crippen LogP contribution in [0.25, 0.3) is 0 Å². The Hall–Kier alpha value is -2.63. The molecule has 220 valence electrons. The van der Waals surface area contributed by atoms with Crippen LogP contribution in [-0.4, -0.2) is 72.7 Å². The van der Waals surface area contributed by atoms with Gasteiger partial charge in [0.1, 0.15) is 11.6 Å². The Morgan fingerprint density at radius 2 is 1.90 bits per heavy atom. The van der Waals surface area contributed by atoms with E-state index in [-0.39, 0.29) is 18.1 Å². The second kappa shape index (κ2) is 12.7. The highest BCUT2D eigenvalue weighted by atomic mass is 32.2. The molecule has 0 spiro atoms. The summed E-state index contributed by atoms with van der Waals surface area (Å²) in [6.07, 6.45) is 7.83. The summed E-state index contributed by atoms with van der Waals surface area (Å²) in [7, 11) is -3.84. The molecule has 12 heteroatoms. The zero-order chi connectivity index (χ0) is 28.8. The van der Waals surface area contributed by atoms with Crippen LogP contribution in [0.2, 0.25) is 0 Å². The van der Waals surface area contributed by atoms with Gasteiger partial charge in [-0.25, -0.2) is 13.2 Å². The first kappa shape index (κ1) is 30.9. The molecular formula is C27H44N4O7S. The van der Waals surface area contributed by atoms with E-state index in [0.29, 0.717) is 45.1 Å². The van der Waals surface area contributed by atoms with Gasteiger partial charge >= 0.3 is 6.09 Å². The molecule has 4 atom stereocenters. The number of nitrogens with zero attached hydrogens (tertiary/aromatic N) is 1. The standard InChI is InChI=1S/C27H44N4O7S/c1-5-6-17-39(36,37)30-24(34)27-18-19(27)13-10-8-7-9-11-15-21(38-25(35)29-26(2,3)4)23(33)31-16-12-14-20(31)22(32)28-27/h10,13,19-21H,5-9,11-12,14-18H2,1-4H3,(H,28,32)(H,29,35)(H,30,34)/t19-,20+,21+,27-/m1/s1. The lowest BCUT2D eigenvalue weighted by Crippen LogP contribution is -2.57. The van der Waals surface area contributed by atoms with Crippen molar-refractivity contribution in [2.75, 3.05) is 12.3 Å². The molecule has 11 nitrogen and oxygen atoms in total. The SMILES string of the molecule is CCCCS(=O)(=O)NC(=O)[C@@]12C[C@H]1C=CCCCCC[C@H](OC(=O)NC(C)(C)C)C(=O)N1CCC[C@H]1C(=O)N2. The Balaban J connectivity index is 1.82. The van der Waals surface area contributed by atoms with E-state index in [1.807, 2.05) is 39.8 Å². The Morgan fingerprint density at radius 3 is 2.59 bits per heavy atom. The van der Waals surface area contributed by atoms with Crippen molar-refractivity contribution in [3.63, 3.8) is 0 Å². The summed E-state index contributed by atoms with van der Waals surface area (Å²) in [4.78, 5) is 54.3. The molecule has 0 unspecified atom stereocenters. The highest BCUT2D eigenvalue weighted by Crippen LogP contribution is 2.45. The monoisotopic (exact) mass is 568 g/mol. The Morgan fingerprint density at radius 1 is 1.15 bits per heavy atom. The van der Waals surface area contributed by atoms with Gasteiger partial charge in [-0.05, 0) is 72.1 Å². The quantitative estimate of drug-likeness (QED) is 0.417. The fourth-order valence-corrected chi connectivity index (χ4v) is 6.35. The van der Waals surface area contributed by atoms with E-state index in [0.717, 1.165) is 19.3 Å². The van der Waals surface area contributed by atoms with Crippen LogP contribution in [0, 0.1) is 5.92 Å². The maximum absolute atomic E-state index is 13.6. The topological polar surface area (TPSA) is 151 Å². The highest BCUT2D eigenvalue weighted by molar-refractivity contribution is 7.90. The van der Waals surface area contributed by atoms with E-state index >= 15 is 0 Å². The van der Waals surface area contributed by atoms with Gasteiger partial charge in [0.15, 0.2) is 6.10 Å². The largest absolute Gasteiger partial charge is 0.436 e. The number of rotatable bonds is 6. The summed E-state index contributed by atoms with van der Waals surface area (Å²) in [6.45, 7) is 7.62. The Kier molecular flexibility index (Phi) is 10.1. The van der Waals surface area contributed by atoms with Gasteiger partial charge in [0.2, 0.25) is 15.9 Å². The van der Waals surface area contributed by atoms with Crippen LogP contribution in [0.1, 0.15) is 91.9 Å². The van der Waals surface area contributed by atoms with Crippen molar-refractivity contribution >= 4 is 33.8 Å². The first-order valence-corrected chi connectivity index (χ1v) is 15.8. The lowest BCUT2D eigenvalue weighted by Gasteiger charge is -2.30. The first-order valence-electron chi connectivity index (χ1n) is 14.1. The number of amides is 4. The first-order chi connectivity index (χ1) is 18.3. The number of hydrogen-bond donors (Lipinski definition) is 3. The van der Waals surface area contributed by atoms with Crippen LogP contribution in [0.15, 0.2) is 12.2 Å². The fraction of sp³-hybridized carbons (Fsp3) is 0.778. The van der Waals surface area contributed by atoms with Crippen molar-refractivity contribution in [3.8, 4) is 0 Å². The van der Waals surface area contributed by atoms with Gasteiger partial charge in [-0.2, -0.15) is 0 Å². The van der Waals surface area contributed by atoms with E-state index in [9.17, 15) is 27.6 Å². The third kappa shape index (κ3) is 8.43. The normalized spacial score (nSPS) is 28.3. The zero-order valence-corrected chi connectivity index (χ0v) is 24.4. The van der Waals surface area contributed by atoms with Crippen LogP contribution in [0.4, 0.5) is 4.79 Å². The molecule has 0 radical (unpaired) electrons. The van der Waals surface area contributed by atoms with E-state index in [1.54, 1.807) is 0 Å². The predicted molar refractivity (Wildman–Crippen MR) is 146 cm³/mol. The van der Waals surface area contributed by atoms with Crippen LogP contribution < -0.4 is 15.4 Å². The van der Waals surface area contributed by atoms with E-state index in [2.05, 4.69) is 15.4 Å². The van der Waals surface area contributed by atoms with Crippen molar-refractivity contribution in [2.45, 2.75) is 115 Å². The lowest BCUT2D eigenvalue weighted by molar-refractivity contribution is -0.146. The van der Waals surface area contributed by atoms with Crippen LogP contribution in [0.5, 0.6) is 0 Å². The molecule has 4 amide bonds. The van der Waals surface area contributed by atoms with Crippen molar-refractivity contribution in [2.24, 2.45) is 5.92 Å². The molecule has 1 saturated carbocycles. The molecule has 0 aromatic heterocycles. The fourth-order valence-electron chi connectivity index (χ4n) is 5.12. The summed E-state index contributed by atoms with van der Waals surface area (Å²) in [5, 5.41) is 5.53. The number of carbonyl (C=O) groups is 4. The number of hydrogen-bond acceptors (Lipinski definition) is 7. The van der Waals surface area contributed by atoms with Gasteiger partial charge in [0.05, 0.1) is 5.75 Å². The molecule has 2 fully saturated rings. The number of unbranched alkanes of at least 4 members (excludes halogenated alkanes) is 1. The minimum Gasteiger partial charge on any atom is -0.436 e. The Bertz CT molecular complexity index is 1070. The molecule has 39 heavy (non-hydrogen) atoms. The molecule has 0 aromatic rings. The summed E-state index contributed by atoms with van der Waals surface area (Å²) in [5.74, 6) is -2.20. The summed E-state index contributed by atoms with van der Waals surface area (Å²) >= 11 is 0. The number of fused-ring (bicyclic) bond motifs is 2. The lowest BCUT2D eigenvalue weighted by atomic mass is 10.1. The van der Waals surface area contributed by atoms with Crippen LogP contribution >= 0.6 is 0 Å². The maximum atomic E-state index is 13.6. The minimum atomic E-state index is -3.84. The maximum Gasteiger partial charge on any atom is 0.408 e. The van der Waals surface area contributed by atoms with Crippen molar-refractivity contribution in [1.82, 2.24) is 20.3 Å². The molecule has 0 bridgehead atoms. The second-order valence-electron chi connectivity index (χ2n) is 11.9. The van der Waals surface area contributed by atoms with Gasteiger partial charge in [0, 0.05) is 18.0 Å². The molecule has 0 aromatic carbocycles. The molecule has 1 aliphatic carbocycles. The minimum absolute atomic E-state index is 0.172. The van der Waals surface area contributed by atoms with Crippen molar-refractivity contribution in [1.29, 1.82) is 0 Å². The molecule has 3 aliphatic rings. The molecule has 1 saturated heterocycles. The summed E-state index contributed by atoms with van der Waals surface area (Å²) in [5.41, 5.74) is -1.92. The number of ether oxygens (including phenoxy) is 1. The van der Waals surface area contributed by atoms with E-state index in [4.69, 9.17) is 4.74 Å². The molecule has 2 aliphatic heterocycles. The molecule has 2 heterocycles. The van der Waals surface area contributed by atoms with Crippen LogP contribution in [-0.2, 0) is 29.1 Å². The number of allylic oxidation sites excluding steroid dienone is 1. The number of sulfonamides is 1.